The number of hydrogen-bond donors (Lipinski definition) is 1. The highest BCUT2D eigenvalue weighted by Crippen LogP contribution is 2.28. The second kappa shape index (κ2) is 13.2. The first kappa shape index (κ1) is 27.3. The third-order valence-electron chi connectivity index (χ3n) is 5.57. The van der Waals surface area contributed by atoms with Crippen LogP contribution in [0.1, 0.15) is 30.0 Å². The predicted octanol–water partition coefficient (Wildman–Crippen LogP) is 7.01. The quantitative estimate of drug-likeness (QED) is 0.294. The van der Waals surface area contributed by atoms with Crippen LogP contribution in [0.15, 0.2) is 66.7 Å². The number of rotatable bonds is 10. The fourth-order valence-corrected chi connectivity index (χ4v) is 4.70. The van der Waals surface area contributed by atoms with E-state index in [1.165, 1.54) is 4.90 Å². The van der Waals surface area contributed by atoms with Crippen molar-refractivity contribution in [3.63, 3.8) is 0 Å². The molecule has 0 radical (unpaired) electrons. The Balaban J connectivity index is 2.02. The summed E-state index contributed by atoms with van der Waals surface area (Å²) in [4.78, 5) is 28.7. The molecule has 1 atom stereocenters. The summed E-state index contributed by atoms with van der Waals surface area (Å²) in [6, 6.07) is 19.0. The number of carbonyl (C=O) groups is 2. The Morgan fingerprint density at radius 2 is 1.57 bits per heavy atom. The van der Waals surface area contributed by atoms with Crippen LogP contribution in [0.3, 0.4) is 0 Å². The lowest BCUT2D eigenvalue weighted by Crippen LogP contribution is -2.51. The lowest BCUT2D eigenvalue weighted by Gasteiger charge is -2.32. The molecule has 0 bridgehead atoms. The largest absolute Gasteiger partial charge is 0.354 e. The number of carbonyl (C=O) groups excluding carboxylic acids is 2. The highest BCUT2D eigenvalue weighted by Gasteiger charge is 2.31. The normalized spacial score (nSPS) is 11.7. The average molecular weight is 552 g/mol. The van der Waals surface area contributed by atoms with E-state index in [1.807, 2.05) is 37.3 Å². The molecular weight excluding hydrogens is 526 g/mol. The molecule has 0 spiro atoms. The Morgan fingerprint density at radius 3 is 2.20 bits per heavy atom. The standard InChI is InChI=1S/C27H26Cl4N2O2/c1-2-13-32-27(35)25(14-18-7-4-3-5-8-18)33(17-21-22(29)9-6-10-23(21)30)26(34)15-19-11-12-20(28)16-24(19)31/h3-12,16,25H,2,13-15,17H2,1H3,(H,32,35)/t25-/m1/s1. The predicted molar refractivity (Wildman–Crippen MR) is 144 cm³/mol. The van der Waals surface area contributed by atoms with Gasteiger partial charge in [0.1, 0.15) is 6.04 Å². The summed E-state index contributed by atoms with van der Waals surface area (Å²) in [5.41, 5.74) is 2.12. The Bertz CT molecular complexity index is 1150. The minimum atomic E-state index is -0.783. The molecule has 3 aromatic rings. The van der Waals surface area contributed by atoms with Crippen molar-refractivity contribution in [3.05, 3.63) is 104 Å². The van der Waals surface area contributed by atoms with Crippen molar-refractivity contribution >= 4 is 58.2 Å². The zero-order chi connectivity index (χ0) is 25.4. The molecule has 2 amide bonds. The lowest BCUT2D eigenvalue weighted by atomic mass is 10.0. The SMILES string of the molecule is CCCNC(=O)[C@@H](Cc1ccccc1)N(Cc1c(Cl)cccc1Cl)C(=O)Cc1ccc(Cl)cc1Cl. The van der Waals surface area contributed by atoms with Crippen molar-refractivity contribution in [1.82, 2.24) is 10.2 Å². The third kappa shape index (κ3) is 7.62. The number of halogens is 4. The number of amides is 2. The highest BCUT2D eigenvalue weighted by atomic mass is 35.5. The van der Waals surface area contributed by atoms with Gasteiger partial charge in [-0.25, -0.2) is 0 Å². The molecular formula is C27H26Cl4N2O2. The van der Waals surface area contributed by atoms with Gasteiger partial charge in [0.2, 0.25) is 11.8 Å². The fraction of sp³-hybridized carbons (Fsp3) is 0.259. The molecule has 0 unspecified atom stereocenters. The number of nitrogens with zero attached hydrogens (tertiary/aromatic N) is 1. The number of benzene rings is 3. The van der Waals surface area contributed by atoms with E-state index in [4.69, 9.17) is 46.4 Å². The van der Waals surface area contributed by atoms with Gasteiger partial charge in [-0.05, 0) is 41.8 Å². The van der Waals surface area contributed by atoms with Crippen LogP contribution in [0.5, 0.6) is 0 Å². The van der Waals surface area contributed by atoms with Gasteiger partial charge in [0, 0.05) is 45.2 Å². The summed E-state index contributed by atoms with van der Waals surface area (Å²) in [7, 11) is 0. The van der Waals surface area contributed by atoms with Gasteiger partial charge in [0.25, 0.3) is 0 Å². The maximum atomic E-state index is 13.8. The van der Waals surface area contributed by atoms with Crippen LogP contribution in [0.2, 0.25) is 20.1 Å². The molecule has 0 aliphatic rings. The van der Waals surface area contributed by atoms with Gasteiger partial charge in [-0.1, -0.05) is 95.8 Å². The summed E-state index contributed by atoms with van der Waals surface area (Å²) in [6.07, 6.45) is 1.09. The zero-order valence-corrected chi connectivity index (χ0v) is 22.3. The zero-order valence-electron chi connectivity index (χ0n) is 19.2. The Kier molecular flexibility index (Phi) is 10.3. The van der Waals surface area contributed by atoms with Crippen LogP contribution in [0.25, 0.3) is 0 Å². The molecule has 8 heteroatoms. The van der Waals surface area contributed by atoms with E-state index in [2.05, 4.69) is 5.32 Å². The minimum Gasteiger partial charge on any atom is -0.354 e. The molecule has 0 heterocycles. The van der Waals surface area contributed by atoms with Crippen LogP contribution in [0.4, 0.5) is 0 Å². The number of hydrogen-bond acceptors (Lipinski definition) is 2. The molecule has 3 aromatic carbocycles. The Hall–Kier alpha value is -2.24. The van der Waals surface area contributed by atoms with E-state index in [-0.39, 0.29) is 24.8 Å². The molecule has 1 N–H and O–H groups in total. The van der Waals surface area contributed by atoms with Gasteiger partial charge in [-0.2, -0.15) is 0 Å². The molecule has 4 nitrogen and oxygen atoms in total. The van der Waals surface area contributed by atoms with E-state index >= 15 is 0 Å². The van der Waals surface area contributed by atoms with E-state index in [1.54, 1.807) is 36.4 Å². The summed E-state index contributed by atoms with van der Waals surface area (Å²) < 4.78 is 0. The smallest absolute Gasteiger partial charge is 0.243 e. The van der Waals surface area contributed by atoms with Gasteiger partial charge < -0.3 is 10.2 Å². The van der Waals surface area contributed by atoms with Crippen LogP contribution in [-0.2, 0) is 29.0 Å². The molecule has 0 fully saturated rings. The monoisotopic (exact) mass is 550 g/mol. The first-order chi connectivity index (χ1) is 16.8. The van der Waals surface area contributed by atoms with Crippen LogP contribution in [-0.4, -0.2) is 29.3 Å². The summed E-state index contributed by atoms with van der Waals surface area (Å²) in [6.45, 7) is 2.54. The van der Waals surface area contributed by atoms with Gasteiger partial charge in [0.05, 0.1) is 6.42 Å². The van der Waals surface area contributed by atoms with Crippen molar-refractivity contribution in [2.24, 2.45) is 0 Å². The summed E-state index contributed by atoms with van der Waals surface area (Å²) in [5.74, 6) is -0.521. The first-order valence-corrected chi connectivity index (χ1v) is 12.8. The van der Waals surface area contributed by atoms with Crippen molar-refractivity contribution < 1.29 is 9.59 Å². The van der Waals surface area contributed by atoms with E-state index < -0.39 is 6.04 Å². The van der Waals surface area contributed by atoms with E-state index in [9.17, 15) is 9.59 Å². The molecule has 35 heavy (non-hydrogen) atoms. The molecule has 3 rings (SSSR count). The van der Waals surface area contributed by atoms with Gasteiger partial charge in [0.15, 0.2) is 0 Å². The Morgan fingerprint density at radius 1 is 0.886 bits per heavy atom. The van der Waals surface area contributed by atoms with Crippen LogP contribution in [0, 0.1) is 0 Å². The molecule has 0 saturated carbocycles. The summed E-state index contributed by atoms with van der Waals surface area (Å²) in [5, 5.41) is 4.65. The fourth-order valence-electron chi connectivity index (χ4n) is 3.70. The van der Waals surface area contributed by atoms with Crippen molar-refractivity contribution in [1.29, 1.82) is 0 Å². The topological polar surface area (TPSA) is 49.4 Å². The molecule has 0 aromatic heterocycles. The number of nitrogens with one attached hydrogen (secondary N) is 1. The average Bonchev–Trinajstić information content (AvgIpc) is 2.83. The summed E-state index contributed by atoms with van der Waals surface area (Å²) >= 11 is 25.3. The van der Waals surface area contributed by atoms with E-state index in [0.29, 0.717) is 44.2 Å². The molecule has 0 saturated heterocycles. The molecule has 184 valence electrons. The third-order valence-corrected chi connectivity index (χ3v) is 6.86. The van der Waals surface area contributed by atoms with Crippen molar-refractivity contribution in [2.45, 2.75) is 38.8 Å². The van der Waals surface area contributed by atoms with Crippen LogP contribution < -0.4 is 5.32 Å². The highest BCUT2D eigenvalue weighted by molar-refractivity contribution is 6.36. The first-order valence-electron chi connectivity index (χ1n) is 11.3. The molecule has 0 aliphatic carbocycles. The molecule has 0 aliphatic heterocycles. The Labute approximate surface area is 226 Å². The second-order valence-corrected chi connectivity index (χ2v) is 9.79. The second-order valence-electron chi connectivity index (χ2n) is 8.13. The van der Waals surface area contributed by atoms with Gasteiger partial charge >= 0.3 is 0 Å². The van der Waals surface area contributed by atoms with Crippen molar-refractivity contribution in [2.75, 3.05) is 6.54 Å². The maximum Gasteiger partial charge on any atom is 0.243 e. The lowest BCUT2D eigenvalue weighted by molar-refractivity contribution is -0.140. The van der Waals surface area contributed by atoms with Crippen molar-refractivity contribution in [3.8, 4) is 0 Å². The van der Waals surface area contributed by atoms with E-state index in [0.717, 1.165) is 12.0 Å². The van der Waals surface area contributed by atoms with Crippen LogP contribution >= 0.6 is 46.4 Å². The van der Waals surface area contributed by atoms with Gasteiger partial charge in [-0.3, -0.25) is 9.59 Å². The maximum absolute atomic E-state index is 13.8. The minimum absolute atomic E-state index is 0.00950. The van der Waals surface area contributed by atoms with Gasteiger partial charge in [-0.15, -0.1) is 0 Å².